The number of methoxy groups -OCH3 is 1. The van der Waals surface area contributed by atoms with E-state index in [4.69, 9.17) is 4.74 Å². The van der Waals surface area contributed by atoms with Crippen molar-refractivity contribution in [3.05, 3.63) is 90.5 Å². The van der Waals surface area contributed by atoms with Gasteiger partial charge < -0.3 is 9.84 Å². The van der Waals surface area contributed by atoms with Gasteiger partial charge in [-0.1, -0.05) is 66.7 Å². The first-order chi connectivity index (χ1) is 14.9. The number of rotatable bonds is 9. The van der Waals surface area contributed by atoms with Crippen molar-refractivity contribution in [3.63, 3.8) is 0 Å². The molecule has 0 aliphatic heterocycles. The highest BCUT2D eigenvalue weighted by Crippen LogP contribution is 2.24. The highest BCUT2D eigenvalue weighted by Gasteiger charge is 2.24. The maximum absolute atomic E-state index is 12.7. The van der Waals surface area contributed by atoms with Gasteiger partial charge in [0, 0.05) is 0 Å². The number of ether oxygens (including phenoxy) is 1. The number of aliphatic carboxylic acids is 1. The Bertz CT molecular complexity index is 1140. The van der Waals surface area contributed by atoms with Crippen molar-refractivity contribution in [2.24, 2.45) is 0 Å². The molecule has 7 heteroatoms. The standard InChI is InChI=1S/C24H23NO5S/c1-30-21-14-10-19(11-15-21)20-12-16-22(17-13-20)31(28,29)25-23(24(26)27)9-5-8-18-6-3-2-4-7-18/h2-8,10-17,23,25H,9H2,1H3,(H,26,27)/b8-5-. The maximum atomic E-state index is 12.7. The van der Waals surface area contributed by atoms with Crippen LogP contribution in [-0.2, 0) is 14.8 Å². The molecule has 0 aliphatic carbocycles. The van der Waals surface area contributed by atoms with Gasteiger partial charge in [0.2, 0.25) is 10.0 Å². The molecule has 0 amide bonds. The van der Waals surface area contributed by atoms with Gasteiger partial charge in [-0.05, 0) is 47.4 Å². The van der Waals surface area contributed by atoms with Gasteiger partial charge in [-0.3, -0.25) is 4.79 Å². The average molecular weight is 438 g/mol. The van der Waals surface area contributed by atoms with Crippen LogP contribution >= 0.6 is 0 Å². The van der Waals surface area contributed by atoms with Gasteiger partial charge in [0.25, 0.3) is 0 Å². The number of nitrogens with one attached hydrogen (secondary N) is 1. The zero-order chi connectivity index (χ0) is 22.3. The lowest BCUT2D eigenvalue weighted by Crippen LogP contribution is -2.40. The third-order valence-electron chi connectivity index (χ3n) is 4.67. The third kappa shape index (κ3) is 6.04. The molecule has 0 heterocycles. The third-order valence-corrected chi connectivity index (χ3v) is 6.15. The van der Waals surface area contributed by atoms with Crippen molar-refractivity contribution >= 4 is 22.1 Å². The Morgan fingerprint density at radius 2 is 1.55 bits per heavy atom. The number of hydrogen-bond acceptors (Lipinski definition) is 4. The Labute approximate surface area is 181 Å². The summed E-state index contributed by atoms with van der Waals surface area (Å²) in [4.78, 5) is 11.6. The predicted molar refractivity (Wildman–Crippen MR) is 120 cm³/mol. The molecule has 0 radical (unpaired) electrons. The van der Waals surface area contributed by atoms with Crippen LogP contribution < -0.4 is 9.46 Å². The smallest absolute Gasteiger partial charge is 0.322 e. The zero-order valence-corrected chi connectivity index (χ0v) is 17.7. The Balaban J connectivity index is 1.71. The minimum absolute atomic E-state index is 0.00282. The van der Waals surface area contributed by atoms with Crippen molar-refractivity contribution in [1.29, 1.82) is 0 Å². The van der Waals surface area contributed by atoms with E-state index in [-0.39, 0.29) is 11.3 Å². The fourth-order valence-corrected chi connectivity index (χ4v) is 4.17. The molecule has 1 unspecified atom stereocenters. The van der Waals surface area contributed by atoms with Crippen LogP contribution in [0.5, 0.6) is 5.75 Å². The number of carboxylic acids is 1. The summed E-state index contributed by atoms with van der Waals surface area (Å²) >= 11 is 0. The van der Waals surface area contributed by atoms with E-state index in [1.807, 2.05) is 54.6 Å². The molecule has 2 N–H and O–H groups in total. The van der Waals surface area contributed by atoms with Crippen molar-refractivity contribution in [1.82, 2.24) is 4.72 Å². The molecule has 3 aromatic carbocycles. The zero-order valence-electron chi connectivity index (χ0n) is 16.9. The number of carboxylic acid groups (broad SMARTS) is 1. The molecule has 0 aliphatic rings. The number of carbonyl (C=O) groups is 1. The Kier molecular flexibility index (Phi) is 7.23. The van der Waals surface area contributed by atoms with Gasteiger partial charge in [-0.15, -0.1) is 0 Å². The number of sulfonamides is 1. The summed E-state index contributed by atoms with van der Waals surface area (Å²) in [5.41, 5.74) is 2.65. The monoisotopic (exact) mass is 437 g/mol. The predicted octanol–water partition coefficient (Wildman–Crippen LogP) is 4.20. The van der Waals surface area contributed by atoms with E-state index in [9.17, 15) is 18.3 Å². The van der Waals surface area contributed by atoms with E-state index >= 15 is 0 Å². The van der Waals surface area contributed by atoms with Gasteiger partial charge in [0.1, 0.15) is 11.8 Å². The molecular formula is C24H23NO5S. The topological polar surface area (TPSA) is 92.7 Å². The largest absolute Gasteiger partial charge is 0.497 e. The van der Waals surface area contributed by atoms with Gasteiger partial charge in [0.15, 0.2) is 0 Å². The lowest BCUT2D eigenvalue weighted by Gasteiger charge is -2.13. The van der Waals surface area contributed by atoms with Crippen molar-refractivity contribution in [2.75, 3.05) is 7.11 Å². The lowest BCUT2D eigenvalue weighted by atomic mass is 10.1. The molecule has 31 heavy (non-hydrogen) atoms. The fourth-order valence-electron chi connectivity index (χ4n) is 2.97. The van der Waals surface area contributed by atoms with Crippen LogP contribution in [0.25, 0.3) is 17.2 Å². The molecule has 0 bridgehead atoms. The van der Waals surface area contributed by atoms with E-state index in [1.165, 1.54) is 12.1 Å². The summed E-state index contributed by atoms with van der Waals surface area (Å²) in [7, 11) is -2.41. The molecule has 0 aromatic heterocycles. The van der Waals surface area contributed by atoms with Crippen LogP contribution in [0.1, 0.15) is 12.0 Å². The van der Waals surface area contributed by atoms with Crippen LogP contribution in [0.15, 0.2) is 89.8 Å². The summed E-state index contributed by atoms with van der Waals surface area (Å²) in [5.74, 6) is -0.510. The highest BCUT2D eigenvalue weighted by molar-refractivity contribution is 7.89. The SMILES string of the molecule is COc1ccc(-c2ccc(S(=O)(=O)NC(C/C=C\c3ccccc3)C(=O)O)cc2)cc1. The number of benzene rings is 3. The van der Waals surface area contributed by atoms with Gasteiger partial charge in [0.05, 0.1) is 12.0 Å². The highest BCUT2D eigenvalue weighted by atomic mass is 32.2. The summed E-state index contributed by atoms with van der Waals surface area (Å²) < 4.78 is 32.8. The molecule has 3 aromatic rings. The Hall–Kier alpha value is -3.42. The molecular weight excluding hydrogens is 414 g/mol. The summed E-state index contributed by atoms with van der Waals surface area (Å²) in [6, 6.07) is 21.8. The van der Waals surface area contributed by atoms with Crippen LogP contribution in [-0.4, -0.2) is 32.6 Å². The van der Waals surface area contributed by atoms with Crippen molar-refractivity contribution in [2.45, 2.75) is 17.4 Å². The van der Waals surface area contributed by atoms with Crippen LogP contribution in [0, 0.1) is 0 Å². The van der Waals surface area contributed by atoms with E-state index in [0.717, 1.165) is 22.4 Å². The minimum atomic E-state index is -3.99. The number of hydrogen-bond donors (Lipinski definition) is 2. The van der Waals surface area contributed by atoms with E-state index in [0.29, 0.717) is 0 Å². The lowest BCUT2D eigenvalue weighted by molar-refractivity contribution is -0.138. The molecule has 1 atom stereocenters. The summed E-state index contributed by atoms with van der Waals surface area (Å²) in [6.07, 6.45) is 3.42. The van der Waals surface area contributed by atoms with Crippen molar-refractivity contribution in [3.8, 4) is 16.9 Å². The second kappa shape index (κ2) is 10.1. The average Bonchev–Trinajstić information content (AvgIpc) is 2.79. The molecule has 6 nitrogen and oxygen atoms in total. The molecule has 0 fully saturated rings. The second-order valence-corrected chi connectivity index (χ2v) is 8.53. The van der Waals surface area contributed by atoms with Gasteiger partial charge in [-0.2, -0.15) is 4.72 Å². The first-order valence-electron chi connectivity index (χ1n) is 9.60. The van der Waals surface area contributed by atoms with E-state index in [2.05, 4.69) is 4.72 Å². The summed E-state index contributed by atoms with van der Waals surface area (Å²) in [6.45, 7) is 0. The molecule has 0 saturated heterocycles. The Morgan fingerprint density at radius 3 is 2.10 bits per heavy atom. The molecule has 160 valence electrons. The van der Waals surface area contributed by atoms with Crippen LogP contribution in [0.3, 0.4) is 0 Å². The molecule has 0 spiro atoms. The van der Waals surface area contributed by atoms with Crippen molar-refractivity contribution < 1.29 is 23.1 Å². The first kappa shape index (κ1) is 22.3. The Morgan fingerprint density at radius 1 is 0.968 bits per heavy atom. The van der Waals surface area contributed by atoms with Gasteiger partial charge >= 0.3 is 5.97 Å². The van der Waals surface area contributed by atoms with E-state index < -0.39 is 22.0 Å². The van der Waals surface area contributed by atoms with Gasteiger partial charge in [-0.25, -0.2) is 8.42 Å². The minimum Gasteiger partial charge on any atom is -0.497 e. The normalized spacial score (nSPS) is 12.5. The maximum Gasteiger partial charge on any atom is 0.322 e. The second-order valence-electron chi connectivity index (χ2n) is 6.81. The van der Waals surface area contributed by atoms with E-state index in [1.54, 1.807) is 31.4 Å². The summed E-state index contributed by atoms with van der Waals surface area (Å²) in [5, 5.41) is 9.45. The van der Waals surface area contributed by atoms with Crippen LogP contribution in [0.4, 0.5) is 0 Å². The van der Waals surface area contributed by atoms with Crippen LogP contribution in [0.2, 0.25) is 0 Å². The quantitative estimate of drug-likeness (QED) is 0.523. The first-order valence-corrected chi connectivity index (χ1v) is 11.1. The molecule has 3 rings (SSSR count). The molecule has 0 saturated carbocycles. The fraction of sp³-hybridized carbons (Fsp3) is 0.125.